The second-order valence-corrected chi connectivity index (χ2v) is 4.49. The Morgan fingerprint density at radius 3 is 2.50 bits per heavy atom. The van der Waals surface area contributed by atoms with Crippen LogP contribution in [0.1, 0.15) is 33.1 Å². The number of ether oxygens (including phenoxy) is 2. The van der Waals surface area contributed by atoms with Gasteiger partial charge >= 0.3 is 0 Å². The van der Waals surface area contributed by atoms with Crippen LogP contribution in [0.25, 0.3) is 0 Å². The van der Waals surface area contributed by atoms with Crippen molar-refractivity contribution in [2.45, 2.75) is 39.2 Å². The van der Waals surface area contributed by atoms with Crippen molar-refractivity contribution in [1.29, 1.82) is 0 Å². The predicted octanol–water partition coefficient (Wildman–Crippen LogP) is 1.56. The van der Waals surface area contributed by atoms with E-state index in [1.165, 1.54) is 0 Å². The van der Waals surface area contributed by atoms with E-state index in [0.717, 1.165) is 45.6 Å². The van der Waals surface area contributed by atoms with Gasteiger partial charge in [-0.3, -0.25) is 0 Å². The van der Waals surface area contributed by atoms with Crippen LogP contribution < -0.4 is 5.73 Å². The maximum Gasteiger partial charge on any atom is 0.0518 e. The third-order valence-corrected chi connectivity index (χ3v) is 3.07. The molecule has 0 unspecified atom stereocenters. The van der Waals surface area contributed by atoms with Crippen molar-refractivity contribution in [3.63, 3.8) is 0 Å². The molecule has 1 fully saturated rings. The van der Waals surface area contributed by atoms with Gasteiger partial charge < -0.3 is 15.2 Å². The third kappa shape index (κ3) is 3.56. The Morgan fingerprint density at radius 2 is 2.00 bits per heavy atom. The second kappa shape index (κ2) is 5.69. The molecule has 0 bridgehead atoms. The first kappa shape index (κ1) is 12.0. The Balaban J connectivity index is 2.29. The van der Waals surface area contributed by atoms with E-state index in [-0.39, 0.29) is 5.41 Å². The fraction of sp³-hybridized carbons (Fsp3) is 1.00. The van der Waals surface area contributed by atoms with Crippen LogP contribution >= 0.6 is 0 Å². The summed E-state index contributed by atoms with van der Waals surface area (Å²) >= 11 is 0. The lowest BCUT2D eigenvalue weighted by atomic mass is 9.78. The van der Waals surface area contributed by atoms with E-state index in [0.29, 0.717) is 6.10 Å². The van der Waals surface area contributed by atoms with Gasteiger partial charge in [0, 0.05) is 19.8 Å². The third-order valence-electron chi connectivity index (χ3n) is 3.07. The van der Waals surface area contributed by atoms with Crippen molar-refractivity contribution in [3.8, 4) is 0 Å². The normalized spacial score (nSPS) is 21.4. The number of hydrogen-bond acceptors (Lipinski definition) is 3. The molecule has 1 heterocycles. The van der Waals surface area contributed by atoms with Crippen LogP contribution in [0.4, 0.5) is 0 Å². The van der Waals surface area contributed by atoms with Crippen LogP contribution in [0, 0.1) is 5.41 Å². The predicted molar refractivity (Wildman–Crippen MR) is 57.2 cm³/mol. The minimum Gasteiger partial charge on any atom is -0.381 e. The van der Waals surface area contributed by atoms with Gasteiger partial charge in [-0.15, -0.1) is 0 Å². The van der Waals surface area contributed by atoms with Crippen LogP contribution in [0.2, 0.25) is 0 Å². The summed E-state index contributed by atoms with van der Waals surface area (Å²) in [5, 5.41) is 0. The zero-order valence-corrected chi connectivity index (χ0v) is 9.42. The highest BCUT2D eigenvalue weighted by Crippen LogP contribution is 2.32. The van der Waals surface area contributed by atoms with Gasteiger partial charge in [0.2, 0.25) is 0 Å². The summed E-state index contributed by atoms with van der Waals surface area (Å²) in [6.07, 6.45) is 3.57. The van der Waals surface area contributed by atoms with E-state index < -0.39 is 0 Å². The molecule has 3 heteroatoms. The van der Waals surface area contributed by atoms with Gasteiger partial charge in [0.25, 0.3) is 0 Å². The monoisotopic (exact) mass is 201 g/mol. The van der Waals surface area contributed by atoms with E-state index in [9.17, 15) is 0 Å². The number of rotatable bonds is 5. The van der Waals surface area contributed by atoms with Crippen LogP contribution in [0.15, 0.2) is 0 Å². The van der Waals surface area contributed by atoms with E-state index in [1.54, 1.807) is 0 Å². The topological polar surface area (TPSA) is 44.5 Å². The molecule has 2 N–H and O–H groups in total. The van der Waals surface area contributed by atoms with Crippen molar-refractivity contribution in [1.82, 2.24) is 0 Å². The average molecular weight is 201 g/mol. The molecule has 0 aliphatic carbocycles. The summed E-state index contributed by atoms with van der Waals surface area (Å²) in [7, 11) is 0. The molecule has 0 amide bonds. The molecule has 0 aromatic rings. The van der Waals surface area contributed by atoms with Crippen molar-refractivity contribution in [2.24, 2.45) is 11.1 Å². The van der Waals surface area contributed by atoms with Gasteiger partial charge in [0.1, 0.15) is 0 Å². The molecule has 0 saturated carbocycles. The lowest BCUT2D eigenvalue weighted by Crippen LogP contribution is -2.37. The fourth-order valence-electron chi connectivity index (χ4n) is 1.87. The molecule has 1 saturated heterocycles. The molecule has 0 spiro atoms. The van der Waals surface area contributed by atoms with Gasteiger partial charge in [0.15, 0.2) is 0 Å². The van der Waals surface area contributed by atoms with Crippen molar-refractivity contribution < 1.29 is 9.47 Å². The second-order valence-electron chi connectivity index (χ2n) is 4.49. The molecular formula is C11H23NO2. The molecule has 1 aliphatic heterocycles. The Kier molecular flexibility index (Phi) is 4.85. The first-order chi connectivity index (χ1) is 6.68. The summed E-state index contributed by atoms with van der Waals surface area (Å²) in [6.45, 7) is 7.45. The lowest BCUT2D eigenvalue weighted by Gasteiger charge is -2.36. The van der Waals surface area contributed by atoms with E-state index in [2.05, 4.69) is 13.8 Å². The van der Waals surface area contributed by atoms with Gasteiger partial charge in [-0.25, -0.2) is 0 Å². The number of nitrogens with two attached hydrogens (primary N) is 1. The van der Waals surface area contributed by atoms with E-state index in [4.69, 9.17) is 15.2 Å². The molecule has 3 nitrogen and oxygen atoms in total. The Bertz CT molecular complexity index is 153. The molecule has 1 aliphatic rings. The zero-order chi connectivity index (χ0) is 10.4. The molecular weight excluding hydrogens is 178 g/mol. The summed E-state index contributed by atoms with van der Waals surface area (Å²) in [4.78, 5) is 0. The highest BCUT2D eigenvalue weighted by molar-refractivity contribution is 4.82. The van der Waals surface area contributed by atoms with E-state index >= 15 is 0 Å². The van der Waals surface area contributed by atoms with Gasteiger partial charge in [-0.1, -0.05) is 0 Å². The maximum atomic E-state index is 5.84. The molecule has 1 rings (SSSR count). The van der Waals surface area contributed by atoms with Crippen LogP contribution in [0.5, 0.6) is 0 Å². The standard InChI is InChI=1S/C11H23NO2/c1-10(2)14-8-5-11(9-12)3-6-13-7-4-11/h10H,3-9,12H2,1-2H3. The summed E-state index contributed by atoms with van der Waals surface area (Å²) in [5.41, 5.74) is 6.13. The molecule has 0 aromatic carbocycles. The quantitative estimate of drug-likeness (QED) is 0.734. The first-order valence-electron chi connectivity index (χ1n) is 5.58. The van der Waals surface area contributed by atoms with Gasteiger partial charge in [0.05, 0.1) is 6.10 Å². The zero-order valence-electron chi connectivity index (χ0n) is 9.42. The Morgan fingerprint density at radius 1 is 1.36 bits per heavy atom. The molecule has 0 aromatic heterocycles. The van der Waals surface area contributed by atoms with E-state index in [1.807, 2.05) is 0 Å². The summed E-state index contributed by atoms with van der Waals surface area (Å²) in [6, 6.07) is 0. The van der Waals surface area contributed by atoms with Gasteiger partial charge in [-0.2, -0.15) is 0 Å². The number of hydrogen-bond donors (Lipinski definition) is 1. The van der Waals surface area contributed by atoms with Crippen molar-refractivity contribution >= 4 is 0 Å². The van der Waals surface area contributed by atoms with Crippen LogP contribution in [-0.4, -0.2) is 32.5 Å². The fourth-order valence-corrected chi connectivity index (χ4v) is 1.87. The largest absolute Gasteiger partial charge is 0.381 e. The van der Waals surface area contributed by atoms with Crippen LogP contribution in [-0.2, 0) is 9.47 Å². The highest BCUT2D eigenvalue weighted by atomic mass is 16.5. The average Bonchev–Trinajstić information content (AvgIpc) is 2.19. The minimum absolute atomic E-state index is 0.285. The smallest absolute Gasteiger partial charge is 0.0518 e. The molecule has 0 radical (unpaired) electrons. The molecule has 84 valence electrons. The Labute approximate surface area is 86.9 Å². The first-order valence-corrected chi connectivity index (χ1v) is 5.58. The molecule has 14 heavy (non-hydrogen) atoms. The highest BCUT2D eigenvalue weighted by Gasteiger charge is 2.30. The van der Waals surface area contributed by atoms with Gasteiger partial charge in [-0.05, 0) is 45.1 Å². The lowest BCUT2D eigenvalue weighted by molar-refractivity contribution is -0.0108. The van der Waals surface area contributed by atoms with Crippen molar-refractivity contribution in [3.05, 3.63) is 0 Å². The van der Waals surface area contributed by atoms with Crippen molar-refractivity contribution in [2.75, 3.05) is 26.4 Å². The van der Waals surface area contributed by atoms with Crippen LogP contribution in [0.3, 0.4) is 0 Å². The molecule has 0 atom stereocenters. The SMILES string of the molecule is CC(C)OCCC1(CN)CCOCC1. The summed E-state index contributed by atoms with van der Waals surface area (Å²) < 4.78 is 10.9. The minimum atomic E-state index is 0.285. The maximum absolute atomic E-state index is 5.84. The Hall–Kier alpha value is -0.120. The summed E-state index contributed by atoms with van der Waals surface area (Å²) in [5.74, 6) is 0.